The van der Waals surface area contributed by atoms with Crippen molar-refractivity contribution in [1.29, 1.82) is 0 Å². The van der Waals surface area contributed by atoms with Crippen molar-refractivity contribution in [2.45, 2.75) is 19.4 Å². The number of carboxylic acid groups (broad SMARTS) is 1. The van der Waals surface area contributed by atoms with Crippen LogP contribution in [-0.2, 0) is 11.2 Å². The molecule has 0 bridgehead atoms. The van der Waals surface area contributed by atoms with E-state index in [-0.39, 0.29) is 6.04 Å². The first-order chi connectivity index (χ1) is 7.09. The fourth-order valence-electron chi connectivity index (χ4n) is 1.85. The van der Waals surface area contributed by atoms with Gasteiger partial charge in [-0.05, 0) is 31.0 Å². The lowest BCUT2D eigenvalue weighted by atomic mass is 9.99. The molecule has 80 valence electrons. The summed E-state index contributed by atoms with van der Waals surface area (Å²) < 4.78 is 0. The summed E-state index contributed by atoms with van der Waals surface area (Å²) >= 11 is 6.03. The number of halogens is 1. The Morgan fingerprint density at radius 1 is 1.67 bits per heavy atom. The average molecular weight is 226 g/mol. The molecule has 1 aliphatic heterocycles. The van der Waals surface area contributed by atoms with E-state index in [1.165, 1.54) is 0 Å². The van der Waals surface area contributed by atoms with Crippen LogP contribution >= 0.6 is 11.6 Å². The van der Waals surface area contributed by atoms with Gasteiger partial charge in [-0.2, -0.15) is 0 Å². The maximum atomic E-state index is 10.8. The van der Waals surface area contributed by atoms with Crippen LogP contribution in [-0.4, -0.2) is 17.1 Å². The maximum absolute atomic E-state index is 10.8. The van der Waals surface area contributed by atoms with Crippen molar-refractivity contribution in [3.05, 3.63) is 28.8 Å². The number of rotatable bonds is 2. The van der Waals surface area contributed by atoms with E-state index >= 15 is 0 Å². The molecule has 0 amide bonds. The van der Waals surface area contributed by atoms with Crippen LogP contribution in [0, 0.1) is 5.92 Å². The molecule has 0 radical (unpaired) electrons. The monoisotopic (exact) mass is 225 g/mol. The number of benzene rings is 1. The molecule has 1 aromatic carbocycles. The van der Waals surface area contributed by atoms with E-state index in [1.54, 1.807) is 6.92 Å². The Hall–Kier alpha value is -1.22. The largest absolute Gasteiger partial charge is 0.481 e. The second-order valence-electron chi connectivity index (χ2n) is 3.85. The first kappa shape index (κ1) is 10.3. The summed E-state index contributed by atoms with van der Waals surface area (Å²) in [5.74, 6) is -1.19. The van der Waals surface area contributed by atoms with Gasteiger partial charge in [0, 0.05) is 16.8 Å². The quantitative estimate of drug-likeness (QED) is 0.813. The van der Waals surface area contributed by atoms with Gasteiger partial charge in [-0.25, -0.2) is 0 Å². The van der Waals surface area contributed by atoms with Crippen LogP contribution < -0.4 is 5.32 Å². The summed E-state index contributed by atoms with van der Waals surface area (Å²) in [4.78, 5) is 10.8. The topological polar surface area (TPSA) is 49.3 Å². The molecule has 1 aliphatic rings. The van der Waals surface area contributed by atoms with Crippen molar-refractivity contribution >= 4 is 23.3 Å². The number of hydrogen-bond acceptors (Lipinski definition) is 2. The summed E-state index contributed by atoms with van der Waals surface area (Å²) in [5.41, 5.74) is 1.98. The molecule has 2 N–H and O–H groups in total. The van der Waals surface area contributed by atoms with Gasteiger partial charge in [-0.1, -0.05) is 17.7 Å². The van der Waals surface area contributed by atoms with E-state index in [0.29, 0.717) is 11.4 Å². The molecule has 0 aliphatic carbocycles. The minimum absolute atomic E-state index is 0.0580. The normalized spacial score (nSPS) is 20.5. The van der Waals surface area contributed by atoms with Crippen molar-refractivity contribution in [2.24, 2.45) is 5.92 Å². The highest BCUT2D eigenvalue weighted by molar-refractivity contribution is 6.31. The van der Waals surface area contributed by atoms with Gasteiger partial charge < -0.3 is 10.4 Å². The van der Waals surface area contributed by atoms with Crippen molar-refractivity contribution in [3.8, 4) is 0 Å². The lowest BCUT2D eigenvalue weighted by Gasteiger charge is -2.15. The van der Waals surface area contributed by atoms with Gasteiger partial charge >= 0.3 is 5.97 Å². The van der Waals surface area contributed by atoms with Crippen LogP contribution in [0.3, 0.4) is 0 Å². The number of aliphatic carboxylic acids is 1. The molecule has 2 unspecified atom stereocenters. The number of anilines is 1. The van der Waals surface area contributed by atoms with Gasteiger partial charge in [0.1, 0.15) is 0 Å². The zero-order chi connectivity index (χ0) is 11.0. The number of hydrogen-bond donors (Lipinski definition) is 2. The molecule has 3 nitrogen and oxygen atoms in total. The van der Waals surface area contributed by atoms with Crippen LogP contribution in [0.5, 0.6) is 0 Å². The highest BCUT2D eigenvalue weighted by atomic mass is 35.5. The van der Waals surface area contributed by atoms with Crippen LogP contribution in [0.15, 0.2) is 18.2 Å². The van der Waals surface area contributed by atoms with Crippen molar-refractivity contribution in [2.75, 3.05) is 5.32 Å². The second kappa shape index (κ2) is 3.74. The van der Waals surface area contributed by atoms with Crippen LogP contribution in [0.2, 0.25) is 5.02 Å². The van der Waals surface area contributed by atoms with Gasteiger partial charge in [0.2, 0.25) is 0 Å². The van der Waals surface area contributed by atoms with E-state index in [1.807, 2.05) is 18.2 Å². The zero-order valence-electron chi connectivity index (χ0n) is 8.33. The first-order valence-electron chi connectivity index (χ1n) is 4.86. The minimum atomic E-state index is -0.781. The van der Waals surface area contributed by atoms with Gasteiger partial charge in [-0.3, -0.25) is 4.79 Å². The van der Waals surface area contributed by atoms with Crippen molar-refractivity contribution in [3.63, 3.8) is 0 Å². The molecule has 2 rings (SSSR count). The molecule has 4 heteroatoms. The maximum Gasteiger partial charge on any atom is 0.308 e. The van der Waals surface area contributed by atoms with E-state index < -0.39 is 11.9 Å². The SMILES string of the molecule is CC(C(=O)O)C1Cc2c(Cl)cccc2N1. The number of nitrogens with one attached hydrogen (secondary N) is 1. The standard InChI is InChI=1S/C11H12ClNO2/c1-6(11(14)15)10-5-7-8(12)3-2-4-9(7)13-10/h2-4,6,10,13H,5H2,1H3,(H,14,15). The molecule has 0 saturated heterocycles. The van der Waals surface area contributed by atoms with Crippen LogP contribution in [0.25, 0.3) is 0 Å². The Kier molecular flexibility index (Phi) is 2.57. The molecule has 0 aromatic heterocycles. The Morgan fingerprint density at radius 3 is 3.00 bits per heavy atom. The highest BCUT2D eigenvalue weighted by Crippen LogP contribution is 2.33. The molecule has 2 atom stereocenters. The van der Waals surface area contributed by atoms with E-state index in [9.17, 15) is 4.79 Å². The van der Waals surface area contributed by atoms with Crippen LogP contribution in [0.1, 0.15) is 12.5 Å². The predicted molar refractivity (Wildman–Crippen MR) is 59.4 cm³/mol. The van der Waals surface area contributed by atoms with E-state index in [0.717, 1.165) is 11.3 Å². The molecular weight excluding hydrogens is 214 g/mol. The third-order valence-corrected chi connectivity index (χ3v) is 3.23. The van der Waals surface area contributed by atoms with Gasteiger partial charge in [0.05, 0.1) is 5.92 Å². The van der Waals surface area contributed by atoms with Crippen molar-refractivity contribution in [1.82, 2.24) is 0 Å². The Morgan fingerprint density at radius 2 is 2.40 bits per heavy atom. The first-order valence-corrected chi connectivity index (χ1v) is 5.24. The zero-order valence-corrected chi connectivity index (χ0v) is 9.08. The molecular formula is C11H12ClNO2. The third-order valence-electron chi connectivity index (χ3n) is 2.88. The summed E-state index contributed by atoms with van der Waals surface area (Å²) in [6.45, 7) is 1.71. The summed E-state index contributed by atoms with van der Waals surface area (Å²) in [5, 5.41) is 12.8. The highest BCUT2D eigenvalue weighted by Gasteiger charge is 2.30. The van der Waals surface area contributed by atoms with Crippen LogP contribution in [0.4, 0.5) is 5.69 Å². The van der Waals surface area contributed by atoms with Gasteiger partial charge in [-0.15, -0.1) is 0 Å². The number of carbonyl (C=O) groups is 1. The van der Waals surface area contributed by atoms with Crippen molar-refractivity contribution < 1.29 is 9.90 Å². The second-order valence-corrected chi connectivity index (χ2v) is 4.26. The van der Waals surface area contributed by atoms with E-state index in [4.69, 9.17) is 16.7 Å². The number of fused-ring (bicyclic) bond motifs is 1. The summed E-state index contributed by atoms with van der Waals surface area (Å²) in [7, 11) is 0. The molecule has 0 fully saturated rings. The van der Waals surface area contributed by atoms with Gasteiger partial charge in [0.15, 0.2) is 0 Å². The average Bonchev–Trinajstić information content (AvgIpc) is 2.61. The molecule has 1 heterocycles. The fraction of sp³-hybridized carbons (Fsp3) is 0.364. The van der Waals surface area contributed by atoms with Gasteiger partial charge in [0.25, 0.3) is 0 Å². The lowest BCUT2D eigenvalue weighted by Crippen LogP contribution is -2.30. The third kappa shape index (κ3) is 1.79. The Labute approximate surface area is 93.1 Å². The fourth-order valence-corrected chi connectivity index (χ4v) is 2.10. The molecule has 0 spiro atoms. The summed E-state index contributed by atoms with van der Waals surface area (Å²) in [6.07, 6.45) is 0.683. The Balaban J connectivity index is 2.23. The predicted octanol–water partition coefficient (Wildman–Crippen LogP) is 2.40. The molecule has 0 saturated carbocycles. The Bertz CT molecular complexity index is 406. The molecule has 1 aromatic rings. The lowest BCUT2D eigenvalue weighted by molar-refractivity contribution is -0.141. The number of carboxylic acids is 1. The van der Waals surface area contributed by atoms with E-state index in [2.05, 4.69) is 5.32 Å². The smallest absolute Gasteiger partial charge is 0.308 e. The molecule has 15 heavy (non-hydrogen) atoms. The minimum Gasteiger partial charge on any atom is -0.481 e. The summed E-state index contributed by atoms with van der Waals surface area (Å²) in [6, 6.07) is 5.56.